The summed E-state index contributed by atoms with van der Waals surface area (Å²) in [7, 11) is 0. The van der Waals surface area contributed by atoms with Crippen molar-refractivity contribution in [1.29, 1.82) is 5.26 Å². The Morgan fingerprint density at radius 2 is 2.14 bits per heavy atom. The molecule has 21 heavy (non-hydrogen) atoms. The summed E-state index contributed by atoms with van der Waals surface area (Å²) in [5, 5.41) is 9.71. The van der Waals surface area contributed by atoms with E-state index in [1.165, 1.54) is 12.3 Å². The van der Waals surface area contributed by atoms with Gasteiger partial charge >= 0.3 is 0 Å². The van der Waals surface area contributed by atoms with Gasteiger partial charge in [-0.1, -0.05) is 17.7 Å². The fourth-order valence-electron chi connectivity index (χ4n) is 2.33. The first-order valence-electron chi connectivity index (χ1n) is 6.40. The zero-order valence-corrected chi connectivity index (χ0v) is 12.0. The number of nitriles is 1. The van der Waals surface area contributed by atoms with Crippen LogP contribution >= 0.6 is 11.6 Å². The van der Waals surface area contributed by atoms with E-state index in [0.717, 1.165) is 11.1 Å². The molecule has 3 nitrogen and oxygen atoms in total. The van der Waals surface area contributed by atoms with Crippen LogP contribution in [0.5, 0.6) is 0 Å². The second kappa shape index (κ2) is 5.19. The van der Waals surface area contributed by atoms with E-state index in [1.54, 1.807) is 16.5 Å². The van der Waals surface area contributed by atoms with Gasteiger partial charge in [0.05, 0.1) is 23.9 Å². The predicted molar refractivity (Wildman–Crippen MR) is 79.7 cm³/mol. The number of rotatable bonds is 2. The van der Waals surface area contributed by atoms with E-state index in [2.05, 4.69) is 11.1 Å². The van der Waals surface area contributed by atoms with Gasteiger partial charge in [-0.05, 0) is 36.8 Å². The molecule has 104 valence electrons. The largest absolute Gasteiger partial charge is 0.299 e. The van der Waals surface area contributed by atoms with Crippen molar-refractivity contribution < 1.29 is 4.39 Å². The molecule has 0 aliphatic rings. The molecular weight excluding hydrogens is 289 g/mol. The number of aromatic nitrogens is 2. The molecule has 5 heteroatoms. The number of benzene rings is 1. The third-order valence-corrected chi connectivity index (χ3v) is 3.78. The van der Waals surface area contributed by atoms with Gasteiger partial charge in [-0.25, -0.2) is 9.37 Å². The molecule has 0 unspecified atom stereocenters. The summed E-state index contributed by atoms with van der Waals surface area (Å²) in [5.41, 5.74) is 3.77. The highest BCUT2D eigenvalue weighted by molar-refractivity contribution is 6.31. The van der Waals surface area contributed by atoms with Crippen LogP contribution in [0.25, 0.3) is 16.9 Å². The number of aryl methyl sites for hydroxylation is 1. The van der Waals surface area contributed by atoms with Gasteiger partial charge in [0.2, 0.25) is 0 Å². The summed E-state index contributed by atoms with van der Waals surface area (Å²) in [4.78, 5) is 4.52. The Hall–Kier alpha value is -2.38. The number of imidazole rings is 1. The van der Waals surface area contributed by atoms with E-state index in [4.69, 9.17) is 16.9 Å². The highest BCUT2D eigenvalue weighted by atomic mass is 35.5. The van der Waals surface area contributed by atoms with E-state index >= 15 is 0 Å². The van der Waals surface area contributed by atoms with Crippen molar-refractivity contribution in [2.75, 3.05) is 0 Å². The first kappa shape index (κ1) is 13.6. The van der Waals surface area contributed by atoms with Gasteiger partial charge < -0.3 is 0 Å². The maximum absolute atomic E-state index is 13.4. The lowest BCUT2D eigenvalue weighted by Gasteiger charge is -2.04. The zero-order valence-electron chi connectivity index (χ0n) is 11.3. The molecule has 0 radical (unpaired) electrons. The third-order valence-electron chi connectivity index (χ3n) is 3.36. The Balaban J connectivity index is 2.28. The number of halogens is 2. The van der Waals surface area contributed by atoms with Crippen molar-refractivity contribution in [3.63, 3.8) is 0 Å². The molecular formula is C16H11ClFN3. The topological polar surface area (TPSA) is 41.1 Å². The fraction of sp³-hybridized carbons (Fsp3) is 0.125. The fourth-order valence-corrected chi connectivity index (χ4v) is 2.45. The lowest BCUT2D eigenvalue weighted by Crippen LogP contribution is -1.94. The first-order chi connectivity index (χ1) is 10.1. The molecule has 0 aliphatic heterocycles. The summed E-state index contributed by atoms with van der Waals surface area (Å²) in [5.74, 6) is -0.363. The van der Waals surface area contributed by atoms with Gasteiger partial charge in [-0.2, -0.15) is 5.26 Å². The van der Waals surface area contributed by atoms with Crippen LogP contribution in [-0.4, -0.2) is 9.38 Å². The molecule has 0 atom stereocenters. The molecule has 0 bridgehead atoms. The summed E-state index contributed by atoms with van der Waals surface area (Å²) in [6.45, 7) is 1.91. The molecule has 0 aliphatic carbocycles. The second-order valence-corrected chi connectivity index (χ2v) is 5.19. The average molecular weight is 300 g/mol. The van der Waals surface area contributed by atoms with Gasteiger partial charge in [0, 0.05) is 16.8 Å². The lowest BCUT2D eigenvalue weighted by atomic mass is 10.1. The SMILES string of the molecule is Cc1cc(-c2nc3ccc(F)cn3c2CC#N)ccc1Cl. The Bertz CT molecular complexity index is 877. The molecule has 0 fully saturated rings. The maximum atomic E-state index is 13.4. The number of hydrogen-bond donors (Lipinski definition) is 0. The van der Waals surface area contributed by atoms with Crippen LogP contribution in [0.4, 0.5) is 4.39 Å². The van der Waals surface area contributed by atoms with E-state index in [-0.39, 0.29) is 12.2 Å². The lowest BCUT2D eigenvalue weighted by molar-refractivity contribution is 0.618. The number of nitrogens with zero attached hydrogens (tertiary/aromatic N) is 3. The molecule has 0 amide bonds. The molecule has 1 aromatic carbocycles. The van der Waals surface area contributed by atoms with Gasteiger partial charge in [0.25, 0.3) is 0 Å². The molecule has 3 rings (SSSR count). The summed E-state index contributed by atoms with van der Waals surface area (Å²) < 4.78 is 15.1. The Kier molecular flexibility index (Phi) is 3.36. The third kappa shape index (κ3) is 2.37. The van der Waals surface area contributed by atoms with E-state index < -0.39 is 0 Å². The van der Waals surface area contributed by atoms with Crippen molar-refractivity contribution in [3.05, 3.63) is 58.6 Å². The Morgan fingerprint density at radius 1 is 1.33 bits per heavy atom. The minimum absolute atomic E-state index is 0.154. The van der Waals surface area contributed by atoms with Crippen molar-refractivity contribution in [2.45, 2.75) is 13.3 Å². The summed E-state index contributed by atoms with van der Waals surface area (Å²) >= 11 is 6.04. The summed E-state index contributed by atoms with van der Waals surface area (Å²) in [6, 6.07) is 10.6. The van der Waals surface area contributed by atoms with Crippen LogP contribution < -0.4 is 0 Å². The van der Waals surface area contributed by atoms with Crippen molar-refractivity contribution in [3.8, 4) is 17.3 Å². The van der Waals surface area contributed by atoms with E-state index in [9.17, 15) is 4.39 Å². The molecule has 2 aromatic heterocycles. The highest BCUT2D eigenvalue weighted by Crippen LogP contribution is 2.28. The van der Waals surface area contributed by atoms with Crippen LogP contribution in [-0.2, 0) is 6.42 Å². The Labute approximate surface area is 126 Å². The van der Waals surface area contributed by atoms with E-state index in [1.807, 2.05) is 19.1 Å². The van der Waals surface area contributed by atoms with Crippen LogP contribution in [0.3, 0.4) is 0 Å². The molecule has 3 aromatic rings. The standard InChI is InChI=1S/C16H11ClFN3/c1-10-8-11(2-4-13(10)17)16-14(6-7-19)21-9-12(18)3-5-15(21)20-16/h2-5,8-9H,6H2,1H3. The minimum Gasteiger partial charge on any atom is -0.299 e. The smallest absolute Gasteiger partial charge is 0.139 e. The van der Waals surface area contributed by atoms with Crippen molar-refractivity contribution >= 4 is 17.2 Å². The first-order valence-corrected chi connectivity index (χ1v) is 6.78. The van der Waals surface area contributed by atoms with Gasteiger partial charge in [0.1, 0.15) is 11.5 Å². The van der Waals surface area contributed by atoms with Crippen LogP contribution in [0.15, 0.2) is 36.5 Å². The number of pyridine rings is 1. The number of fused-ring (bicyclic) bond motifs is 1. The summed E-state index contributed by atoms with van der Waals surface area (Å²) in [6.07, 6.45) is 1.50. The average Bonchev–Trinajstić information content (AvgIpc) is 2.81. The predicted octanol–water partition coefficient (Wildman–Crippen LogP) is 4.17. The van der Waals surface area contributed by atoms with Gasteiger partial charge in [-0.3, -0.25) is 4.40 Å². The number of hydrogen-bond acceptors (Lipinski definition) is 2. The molecule has 0 spiro atoms. The van der Waals surface area contributed by atoms with Gasteiger partial charge in [0.15, 0.2) is 0 Å². The van der Waals surface area contributed by atoms with Crippen molar-refractivity contribution in [1.82, 2.24) is 9.38 Å². The minimum atomic E-state index is -0.363. The van der Waals surface area contributed by atoms with Gasteiger partial charge in [-0.15, -0.1) is 0 Å². The van der Waals surface area contributed by atoms with Crippen LogP contribution in [0, 0.1) is 24.1 Å². The second-order valence-electron chi connectivity index (χ2n) is 4.78. The molecule has 2 heterocycles. The monoisotopic (exact) mass is 299 g/mol. The van der Waals surface area contributed by atoms with Crippen LogP contribution in [0.1, 0.15) is 11.3 Å². The van der Waals surface area contributed by atoms with Crippen molar-refractivity contribution in [2.24, 2.45) is 0 Å². The highest BCUT2D eigenvalue weighted by Gasteiger charge is 2.15. The maximum Gasteiger partial charge on any atom is 0.139 e. The Morgan fingerprint density at radius 3 is 2.86 bits per heavy atom. The normalized spacial score (nSPS) is 10.8. The van der Waals surface area contributed by atoms with E-state index in [0.29, 0.717) is 22.1 Å². The quantitative estimate of drug-likeness (QED) is 0.712. The zero-order chi connectivity index (χ0) is 15.0. The van der Waals surface area contributed by atoms with Crippen LogP contribution in [0.2, 0.25) is 5.02 Å². The molecule has 0 saturated heterocycles. The molecule has 0 N–H and O–H groups in total. The molecule has 0 saturated carbocycles.